The van der Waals surface area contributed by atoms with Crippen LogP contribution in [0.25, 0.3) is 0 Å². The number of carbonyl (C=O) groups is 1. The molecule has 0 saturated carbocycles. The molecule has 0 fully saturated rings. The van der Waals surface area contributed by atoms with Gasteiger partial charge in [0.25, 0.3) is 5.91 Å². The number of amides is 1. The molecule has 5 rings (SSSR count). The second-order valence-electron chi connectivity index (χ2n) is 9.10. The maximum atomic E-state index is 14.2. The first-order chi connectivity index (χ1) is 19.9. The number of para-hydroxylation sites is 2. The minimum atomic E-state index is -0.570. The number of allylic oxidation sites excluding steroid dienone is 1. The van der Waals surface area contributed by atoms with E-state index >= 15 is 0 Å². The van der Waals surface area contributed by atoms with Gasteiger partial charge in [-0.15, -0.1) is 5.10 Å². The van der Waals surface area contributed by atoms with Crippen LogP contribution < -0.4 is 20.1 Å². The molecule has 2 heterocycles. The second kappa shape index (κ2) is 12.7. The summed E-state index contributed by atoms with van der Waals surface area (Å²) in [7, 11) is 0. The number of aromatic nitrogens is 3. The van der Waals surface area contributed by atoms with E-state index in [-0.39, 0.29) is 18.1 Å². The predicted molar refractivity (Wildman–Crippen MR) is 159 cm³/mol. The number of halogens is 2. The molecular weight excluding hydrogens is 565 g/mol. The Morgan fingerprint density at radius 3 is 2.61 bits per heavy atom. The largest absolute Gasteiger partial charge is 0.492 e. The van der Waals surface area contributed by atoms with Gasteiger partial charge in [-0.05, 0) is 61.6 Å². The van der Waals surface area contributed by atoms with Gasteiger partial charge in [0.2, 0.25) is 11.1 Å². The summed E-state index contributed by atoms with van der Waals surface area (Å²) >= 11 is 7.66. The number of hydrogen-bond donors (Lipinski definition) is 2. The number of thioether (sulfide) groups is 1. The van der Waals surface area contributed by atoms with Crippen molar-refractivity contribution in [1.29, 1.82) is 0 Å². The number of anilines is 2. The molecule has 8 nitrogen and oxygen atoms in total. The summed E-state index contributed by atoms with van der Waals surface area (Å²) < 4.78 is 27.5. The van der Waals surface area contributed by atoms with Crippen molar-refractivity contribution in [2.24, 2.45) is 0 Å². The molecule has 41 heavy (non-hydrogen) atoms. The molecule has 1 aliphatic rings. The molecule has 4 aromatic rings. The van der Waals surface area contributed by atoms with Gasteiger partial charge in [-0.3, -0.25) is 4.79 Å². The van der Waals surface area contributed by atoms with Crippen molar-refractivity contribution in [3.63, 3.8) is 0 Å². The van der Waals surface area contributed by atoms with Gasteiger partial charge < -0.3 is 20.1 Å². The Kier molecular flexibility index (Phi) is 8.80. The SMILES string of the molecule is CCOc1ccccc1NC(=O)C1=C(C)Nc2nc(SCC)nn2C1c1ccc(OCc2c(F)cccc2Cl)cc1. The van der Waals surface area contributed by atoms with Crippen LogP contribution in [0.3, 0.4) is 0 Å². The Morgan fingerprint density at radius 2 is 1.88 bits per heavy atom. The molecule has 2 N–H and O–H groups in total. The average Bonchev–Trinajstić information content (AvgIpc) is 3.35. The standard InChI is InChI=1S/C30H29ClFN5O3S/c1-4-39-25-12-7-6-11-24(25)34-28(38)26-18(3)33-29-35-30(41-5-2)36-37(29)27(26)19-13-15-20(16-14-19)40-17-21-22(31)9-8-10-23(21)32/h6-16,27H,4-5,17H2,1-3H3,(H,34,38)(H,33,35,36). The van der Waals surface area contributed by atoms with Crippen molar-refractivity contribution in [3.8, 4) is 11.5 Å². The number of nitrogens with one attached hydrogen (secondary N) is 2. The molecule has 3 aromatic carbocycles. The van der Waals surface area contributed by atoms with Gasteiger partial charge in [-0.2, -0.15) is 4.98 Å². The Labute approximate surface area is 246 Å². The van der Waals surface area contributed by atoms with Gasteiger partial charge in [0, 0.05) is 11.3 Å². The number of benzene rings is 3. The van der Waals surface area contributed by atoms with Crippen molar-refractivity contribution in [3.05, 3.63) is 100.0 Å². The van der Waals surface area contributed by atoms with E-state index in [1.807, 2.05) is 51.1 Å². The Bertz CT molecular complexity index is 1570. The number of nitrogens with zero attached hydrogens (tertiary/aromatic N) is 3. The molecule has 0 aliphatic carbocycles. The fraction of sp³-hybridized carbons (Fsp3) is 0.233. The minimum Gasteiger partial charge on any atom is -0.492 e. The lowest BCUT2D eigenvalue weighted by Crippen LogP contribution is -2.31. The fourth-order valence-corrected chi connectivity index (χ4v) is 5.31. The normalized spacial score (nSPS) is 14.3. The van der Waals surface area contributed by atoms with Crippen molar-refractivity contribution in [2.45, 2.75) is 38.6 Å². The van der Waals surface area contributed by atoms with Crippen LogP contribution in [0, 0.1) is 5.82 Å². The summed E-state index contributed by atoms with van der Waals surface area (Å²) in [4.78, 5) is 18.5. The molecule has 0 saturated heterocycles. The topological polar surface area (TPSA) is 90.3 Å². The first-order valence-electron chi connectivity index (χ1n) is 13.2. The van der Waals surface area contributed by atoms with Crippen LogP contribution in [0.1, 0.15) is 37.9 Å². The summed E-state index contributed by atoms with van der Waals surface area (Å²) in [5.41, 5.74) is 2.79. The smallest absolute Gasteiger partial charge is 0.255 e. The highest BCUT2D eigenvalue weighted by atomic mass is 35.5. The van der Waals surface area contributed by atoms with Crippen LogP contribution in [0.5, 0.6) is 11.5 Å². The molecule has 11 heteroatoms. The summed E-state index contributed by atoms with van der Waals surface area (Å²) in [6.07, 6.45) is 0. The van der Waals surface area contributed by atoms with Gasteiger partial charge in [0.1, 0.15) is 30.0 Å². The Balaban J connectivity index is 1.46. The van der Waals surface area contributed by atoms with E-state index < -0.39 is 11.9 Å². The first kappa shape index (κ1) is 28.5. The maximum Gasteiger partial charge on any atom is 0.255 e. The number of fused-ring (bicyclic) bond motifs is 1. The molecule has 1 unspecified atom stereocenters. The first-order valence-corrected chi connectivity index (χ1v) is 14.5. The zero-order valence-electron chi connectivity index (χ0n) is 22.8. The number of rotatable bonds is 10. The van der Waals surface area contributed by atoms with Gasteiger partial charge in [-0.1, -0.05) is 60.6 Å². The summed E-state index contributed by atoms with van der Waals surface area (Å²) in [6.45, 7) is 6.21. The third-order valence-corrected chi connectivity index (χ3v) is 7.50. The Hall–Kier alpha value is -4.02. The molecule has 1 amide bonds. The van der Waals surface area contributed by atoms with Crippen LogP contribution in [0.2, 0.25) is 5.02 Å². The van der Waals surface area contributed by atoms with Crippen molar-refractivity contribution in [2.75, 3.05) is 23.0 Å². The third kappa shape index (κ3) is 6.18. The molecule has 1 aliphatic heterocycles. The van der Waals surface area contributed by atoms with Crippen LogP contribution >= 0.6 is 23.4 Å². The van der Waals surface area contributed by atoms with Crippen LogP contribution in [0.15, 0.2) is 83.2 Å². The molecule has 1 aromatic heterocycles. The summed E-state index contributed by atoms with van der Waals surface area (Å²) in [6, 6.07) is 18.5. The molecule has 0 spiro atoms. The van der Waals surface area contributed by atoms with E-state index in [0.717, 1.165) is 11.3 Å². The zero-order valence-corrected chi connectivity index (χ0v) is 24.4. The lowest BCUT2D eigenvalue weighted by atomic mass is 9.95. The number of ether oxygens (including phenoxy) is 2. The molecule has 212 valence electrons. The zero-order chi connectivity index (χ0) is 28.9. The van der Waals surface area contributed by atoms with Gasteiger partial charge >= 0.3 is 0 Å². The van der Waals surface area contributed by atoms with Crippen molar-refractivity contribution >= 4 is 40.9 Å². The number of carbonyl (C=O) groups excluding carboxylic acids is 1. The van der Waals surface area contributed by atoms with E-state index in [1.54, 1.807) is 35.0 Å². The lowest BCUT2D eigenvalue weighted by Gasteiger charge is -2.29. The fourth-order valence-electron chi connectivity index (χ4n) is 4.54. The minimum absolute atomic E-state index is 0.0189. The van der Waals surface area contributed by atoms with Crippen molar-refractivity contribution < 1.29 is 18.7 Å². The predicted octanol–water partition coefficient (Wildman–Crippen LogP) is 7.09. The van der Waals surface area contributed by atoms with Gasteiger partial charge in [0.15, 0.2) is 0 Å². The maximum absolute atomic E-state index is 14.2. The Morgan fingerprint density at radius 1 is 1.10 bits per heavy atom. The van der Waals surface area contributed by atoms with E-state index in [4.69, 9.17) is 26.2 Å². The lowest BCUT2D eigenvalue weighted by molar-refractivity contribution is -0.113. The van der Waals surface area contributed by atoms with Crippen LogP contribution in [0.4, 0.5) is 16.0 Å². The quantitative estimate of drug-likeness (QED) is 0.190. The van der Waals surface area contributed by atoms with Gasteiger partial charge in [-0.25, -0.2) is 9.07 Å². The van der Waals surface area contributed by atoms with Crippen LogP contribution in [-0.2, 0) is 11.4 Å². The third-order valence-electron chi connectivity index (χ3n) is 6.43. The molecular formula is C30H29ClFN5O3S. The average molecular weight is 594 g/mol. The summed E-state index contributed by atoms with van der Waals surface area (Å²) in [5.74, 6) is 1.74. The van der Waals surface area contributed by atoms with Gasteiger partial charge in [0.05, 0.1) is 22.9 Å². The number of hydrogen-bond acceptors (Lipinski definition) is 7. The molecule has 1 atom stereocenters. The van der Waals surface area contributed by atoms with E-state index in [9.17, 15) is 9.18 Å². The highest BCUT2D eigenvalue weighted by Crippen LogP contribution is 2.38. The molecule has 0 bridgehead atoms. The summed E-state index contributed by atoms with van der Waals surface area (Å²) in [5, 5.41) is 11.9. The van der Waals surface area contributed by atoms with E-state index in [2.05, 4.69) is 15.6 Å². The van der Waals surface area contributed by atoms with E-state index in [0.29, 0.717) is 51.2 Å². The second-order valence-corrected chi connectivity index (χ2v) is 10.7. The monoisotopic (exact) mass is 593 g/mol. The van der Waals surface area contributed by atoms with E-state index in [1.165, 1.54) is 17.8 Å². The molecule has 0 radical (unpaired) electrons. The van der Waals surface area contributed by atoms with Crippen LogP contribution in [-0.4, -0.2) is 33.0 Å². The van der Waals surface area contributed by atoms with Crippen molar-refractivity contribution in [1.82, 2.24) is 14.8 Å². The highest BCUT2D eigenvalue weighted by molar-refractivity contribution is 7.99. The highest BCUT2D eigenvalue weighted by Gasteiger charge is 2.34.